The Hall–Kier alpha value is -1.93. The van der Waals surface area contributed by atoms with Gasteiger partial charge in [0, 0.05) is 4.90 Å². The van der Waals surface area contributed by atoms with Crippen LogP contribution in [0.4, 0.5) is 10.3 Å². The van der Waals surface area contributed by atoms with Crippen LogP contribution in [0.2, 0.25) is 0 Å². The Bertz CT molecular complexity index is 514. The van der Waals surface area contributed by atoms with Gasteiger partial charge in [-0.3, -0.25) is 5.43 Å². The number of nitrogen functional groups attached to an aromatic ring is 1. The number of hydrogen-bond donors (Lipinski definition) is 2. The molecule has 6 nitrogen and oxygen atoms in total. The first-order valence-corrected chi connectivity index (χ1v) is 5.73. The second kappa shape index (κ2) is 5.61. The van der Waals surface area contributed by atoms with Crippen LogP contribution < -0.4 is 16.0 Å². The zero-order valence-electron chi connectivity index (χ0n) is 9.42. The molecule has 18 heavy (non-hydrogen) atoms. The van der Waals surface area contributed by atoms with Crippen molar-refractivity contribution < 1.29 is 9.13 Å². The minimum absolute atomic E-state index is 0.155. The van der Waals surface area contributed by atoms with Crippen LogP contribution in [-0.2, 0) is 0 Å². The van der Waals surface area contributed by atoms with Crippen molar-refractivity contribution in [1.29, 1.82) is 0 Å². The molecule has 0 atom stereocenters. The van der Waals surface area contributed by atoms with E-state index in [1.54, 1.807) is 12.1 Å². The number of aromatic nitrogens is 3. The monoisotopic (exact) mass is 267 g/mol. The summed E-state index contributed by atoms with van der Waals surface area (Å²) in [7, 11) is 1.45. The van der Waals surface area contributed by atoms with Crippen LogP contribution in [-0.4, -0.2) is 22.1 Å². The van der Waals surface area contributed by atoms with E-state index in [2.05, 4.69) is 20.4 Å². The molecule has 0 aliphatic carbocycles. The zero-order chi connectivity index (χ0) is 13.0. The third-order valence-corrected chi connectivity index (χ3v) is 2.80. The van der Waals surface area contributed by atoms with Crippen molar-refractivity contribution in [1.82, 2.24) is 15.0 Å². The fraction of sp³-hybridized carbons (Fsp3) is 0.100. The van der Waals surface area contributed by atoms with Crippen molar-refractivity contribution in [3.8, 4) is 6.01 Å². The molecule has 1 heterocycles. The van der Waals surface area contributed by atoms with Gasteiger partial charge in [-0.05, 0) is 36.0 Å². The number of nitrogens with two attached hydrogens (primary N) is 1. The highest BCUT2D eigenvalue weighted by Gasteiger charge is 2.07. The molecule has 0 radical (unpaired) electrons. The maximum atomic E-state index is 12.8. The summed E-state index contributed by atoms with van der Waals surface area (Å²) in [6.07, 6.45) is 0. The van der Waals surface area contributed by atoms with Gasteiger partial charge in [0.15, 0.2) is 0 Å². The number of nitrogens with zero attached hydrogens (tertiary/aromatic N) is 3. The molecule has 0 amide bonds. The van der Waals surface area contributed by atoms with E-state index in [0.717, 1.165) is 4.90 Å². The number of benzene rings is 1. The number of ether oxygens (including phenoxy) is 1. The molecule has 1 aromatic heterocycles. The van der Waals surface area contributed by atoms with Crippen molar-refractivity contribution in [2.24, 2.45) is 5.84 Å². The second-order valence-corrected chi connectivity index (χ2v) is 4.17. The van der Waals surface area contributed by atoms with Crippen LogP contribution in [0.15, 0.2) is 34.3 Å². The lowest BCUT2D eigenvalue weighted by atomic mass is 10.4. The van der Waals surface area contributed by atoms with E-state index in [0.29, 0.717) is 5.16 Å². The topological polar surface area (TPSA) is 86.0 Å². The summed E-state index contributed by atoms with van der Waals surface area (Å²) in [5.74, 6) is 5.14. The molecule has 3 N–H and O–H groups in total. The maximum Gasteiger partial charge on any atom is 0.322 e. The van der Waals surface area contributed by atoms with E-state index in [1.807, 2.05) is 0 Å². The standard InChI is InChI=1S/C10H10FN5OS/c1-17-9-13-8(16-12)14-10(15-9)18-7-4-2-6(11)3-5-7/h2-5H,12H2,1H3,(H,13,14,15,16). The lowest BCUT2D eigenvalue weighted by Gasteiger charge is -2.04. The van der Waals surface area contributed by atoms with Crippen molar-refractivity contribution in [3.05, 3.63) is 30.1 Å². The number of hydrazine groups is 1. The van der Waals surface area contributed by atoms with Gasteiger partial charge in [0.1, 0.15) is 5.82 Å². The van der Waals surface area contributed by atoms with Gasteiger partial charge in [0.2, 0.25) is 11.1 Å². The third kappa shape index (κ3) is 3.05. The molecule has 0 aliphatic heterocycles. The van der Waals surface area contributed by atoms with Crippen LogP contribution in [0.3, 0.4) is 0 Å². The van der Waals surface area contributed by atoms with Gasteiger partial charge in [-0.15, -0.1) is 0 Å². The lowest BCUT2D eigenvalue weighted by molar-refractivity contribution is 0.373. The fourth-order valence-electron chi connectivity index (χ4n) is 1.15. The fourth-order valence-corrected chi connectivity index (χ4v) is 1.89. The summed E-state index contributed by atoms with van der Waals surface area (Å²) >= 11 is 1.25. The van der Waals surface area contributed by atoms with E-state index in [4.69, 9.17) is 10.6 Å². The Labute approximate surface area is 107 Å². The van der Waals surface area contributed by atoms with Gasteiger partial charge in [0.25, 0.3) is 0 Å². The highest BCUT2D eigenvalue weighted by molar-refractivity contribution is 7.99. The Balaban J connectivity index is 2.25. The number of anilines is 1. The van der Waals surface area contributed by atoms with E-state index in [9.17, 15) is 4.39 Å². The molecule has 0 unspecified atom stereocenters. The minimum Gasteiger partial charge on any atom is -0.467 e. The number of rotatable bonds is 4. The predicted octanol–water partition coefficient (Wildman–Crippen LogP) is 1.46. The summed E-state index contributed by atoms with van der Waals surface area (Å²) < 4.78 is 17.7. The third-order valence-electron chi connectivity index (χ3n) is 1.93. The molecule has 0 saturated heterocycles. The molecule has 2 aromatic rings. The highest BCUT2D eigenvalue weighted by Crippen LogP contribution is 2.26. The molecule has 1 aromatic carbocycles. The normalized spacial score (nSPS) is 10.2. The Morgan fingerprint density at radius 1 is 1.22 bits per heavy atom. The van der Waals surface area contributed by atoms with E-state index >= 15 is 0 Å². The highest BCUT2D eigenvalue weighted by atomic mass is 32.2. The van der Waals surface area contributed by atoms with Gasteiger partial charge in [-0.25, -0.2) is 10.2 Å². The summed E-state index contributed by atoms with van der Waals surface area (Å²) in [6.45, 7) is 0. The molecule has 0 aliphatic rings. The smallest absolute Gasteiger partial charge is 0.322 e. The average Bonchev–Trinajstić information content (AvgIpc) is 2.41. The maximum absolute atomic E-state index is 12.8. The first-order chi connectivity index (χ1) is 8.71. The van der Waals surface area contributed by atoms with Gasteiger partial charge < -0.3 is 4.74 Å². The molecule has 0 bridgehead atoms. The second-order valence-electron chi connectivity index (χ2n) is 3.13. The Morgan fingerprint density at radius 3 is 2.56 bits per heavy atom. The molecule has 0 saturated carbocycles. The number of hydrogen-bond acceptors (Lipinski definition) is 7. The van der Waals surface area contributed by atoms with Crippen LogP contribution in [0.25, 0.3) is 0 Å². The predicted molar refractivity (Wildman–Crippen MR) is 64.7 cm³/mol. The summed E-state index contributed by atoms with van der Waals surface area (Å²) in [5, 5.41) is 0.404. The van der Waals surface area contributed by atoms with Crippen LogP contribution in [0.5, 0.6) is 6.01 Å². The van der Waals surface area contributed by atoms with Crippen LogP contribution >= 0.6 is 11.8 Å². The largest absolute Gasteiger partial charge is 0.467 e. The molecule has 0 fully saturated rings. The molecular weight excluding hydrogens is 257 g/mol. The molecular formula is C10H10FN5OS. The summed E-state index contributed by atoms with van der Waals surface area (Å²) in [4.78, 5) is 12.8. The number of nitrogens with one attached hydrogen (secondary N) is 1. The van der Waals surface area contributed by atoms with Crippen molar-refractivity contribution >= 4 is 17.7 Å². The van der Waals surface area contributed by atoms with Crippen molar-refractivity contribution in [2.45, 2.75) is 10.1 Å². The van der Waals surface area contributed by atoms with Gasteiger partial charge in [0.05, 0.1) is 7.11 Å². The van der Waals surface area contributed by atoms with Gasteiger partial charge >= 0.3 is 6.01 Å². The van der Waals surface area contributed by atoms with E-state index in [-0.39, 0.29) is 17.8 Å². The van der Waals surface area contributed by atoms with E-state index < -0.39 is 0 Å². The number of halogens is 1. The summed E-state index contributed by atoms with van der Waals surface area (Å²) in [6, 6.07) is 6.14. The quantitative estimate of drug-likeness (QED) is 0.640. The van der Waals surface area contributed by atoms with Crippen molar-refractivity contribution in [3.63, 3.8) is 0 Å². The average molecular weight is 267 g/mol. The van der Waals surface area contributed by atoms with Gasteiger partial charge in [-0.2, -0.15) is 15.0 Å². The van der Waals surface area contributed by atoms with Crippen LogP contribution in [0.1, 0.15) is 0 Å². The first kappa shape index (κ1) is 12.5. The SMILES string of the molecule is COc1nc(NN)nc(Sc2ccc(F)cc2)n1. The molecule has 2 rings (SSSR count). The Kier molecular flexibility index (Phi) is 3.90. The minimum atomic E-state index is -0.295. The molecule has 94 valence electrons. The summed E-state index contributed by atoms with van der Waals surface area (Å²) in [5.41, 5.74) is 2.32. The molecule has 8 heteroatoms. The first-order valence-electron chi connectivity index (χ1n) is 4.91. The van der Waals surface area contributed by atoms with Gasteiger partial charge in [-0.1, -0.05) is 0 Å². The van der Waals surface area contributed by atoms with Crippen LogP contribution in [0, 0.1) is 5.82 Å². The van der Waals surface area contributed by atoms with Crippen molar-refractivity contribution in [2.75, 3.05) is 12.5 Å². The van der Waals surface area contributed by atoms with E-state index in [1.165, 1.54) is 31.0 Å². The zero-order valence-corrected chi connectivity index (χ0v) is 10.2. The molecule has 0 spiro atoms. The lowest BCUT2D eigenvalue weighted by Crippen LogP contribution is -2.12. The number of methoxy groups -OCH3 is 1. The Morgan fingerprint density at radius 2 is 1.94 bits per heavy atom.